The van der Waals surface area contributed by atoms with Gasteiger partial charge in [-0.15, -0.1) is 0 Å². The molecular weight excluding hydrogens is 330 g/mol. The van der Waals surface area contributed by atoms with Gasteiger partial charge in [0, 0.05) is 24.2 Å². The van der Waals surface area contributed by atoms with E-state index in [4.69, 9.17) is 10.00 Å². The fourth-order valence-electron chi connectivity index (χ4n) is 2.02. The lowest BCUT2D eigenvalue weighted by molar-refractivity contribution is -0.114. The highest BCUT2D eigenvalue weighted by atomic mass is 16.5. The van der Waals surface area contributed by atoms with Crippen LogP contribution in [0.25, 0.3) is 0 Å². The van der Waals surface area contributed by atoms with Crippen molar-refractivity contribution in [3.8, 4) is 23.7 Å². The van der Waals surface area contributed by atoms with Crippen LogP contribution in [-0.2, 0) is 4.79 Å². The number of carbonyl (C=O) groups is 2. The lowest BCUT2D eigenvalue weighted by Crippen LogP contribution is -2.23. The molecule has 130 valence electrons. The molecule has 2 amide bonds. The molecule has 0 aliphatic rings. The van der Waals surface area contributed by atoms with Crippen LogP contribution in [0.5, 0.6) is 5.75 Å². The van der Waals surface area contributed by atoms with Gasteiger partial charge in [-0.1, -0.05) is 17.9 Å². The predicted octanol–water partition coefficient (Wildman–Crippen LogP) is 2.33. The summed E-state index contributed by atoms with van der Waals surface area (Å²) in [5.74, 6) is 5.78. The molecule has 2 rings (SSSR count). The minimum absolute atomic E-state index is 0.153. The van der Waals surface area contributed by atoms with Crippen LogP contribution in [0, 0.1) is 23.2 Å². The van der Waals surface area contributed by atoms with Gasteiger partial charge in [0.2, 0.25) is 5.91 Å². The van der Waals surface area contributed by atoms with Crippen molar-refractivity contribution in [1.82, 2.24) is 5.32 Å². The maximum absolute atomic E-state index is 11.9. The molecule has 26 heavy (non-hydrogen) atoms. The smallest absolute Gasteiger partial charge is 0.252 e. The van der Waals surface area contributed by atoms with Crippen molar-refractivity contribution in [2.75, 3.05) is 18.5 Å². The van der Waals surface area contributed by atoms with Crippen LogP contribution in [0.4, 0.5) is 5.69 Å². The van der Waals surface area contributed by atoms with E-state index in [0.29, 0.717) is 22.6 Å². The molecular formula is C20H17N3O3. The van der Waals surface area contributed by atoms with Gasteiger partial charge in [0.25, 0.3) is 5.91 Å². The van der Waals surface area contributed by atoms with E-state index in [0.717, 1.165) is 0 Å². The molecule has 2 aromatic carbocycles. The number of hydrogen-bond acceptors (Lipinski definition) is 4. The number of nitriles is 1. The Balaban J connectivity index is 1.76. The van der Waals surface area contributed by atoms with Crippen LogP contribution >= 0.6 is 0 Å². The minimum atomic E-state index is -0.257. The van der Waals surface area contributed by atoms with Crippen LogP contribution in [-0.4, -0.2) is 25.0 Å². The minimum Gasteiger partial charge on any atom is -0.481 e. The second kappa shape index (κ2) is 9.51. The third kappa shape index (κ3) is 6.03. The van der Waals surface area contributed by atoms with E-state index in [9.17, 15) is 9.59 Å². The van der Waals surface area contributed by atoms with Gasteiger partial charge in [0.1, 0.15) is 12.4 Å². The van der Waals surface area contributed by atoms with Crippen molar-refractivity contribution < 1.29 is 14.3 Å². The summed E-state index contributed by atoms with van der Waals surface area (Å²) in [4.78, 5) is 22.9. The van der Waals surface area contributed by atoms with Crippen molar-refractivity contribution in [2.45, 2.75) is 6.92 Å². The standard InChI is InChI=1S/C20H17N3O3/c1-15(24)23-18-5-4-6-19(13-18)26-12-3-2-11-22-20(25)17-9-7-16(14-21)8-10-17/h4-10,13H,11-12H2,1H3,(H,22,25)(H,23,24). The summed E-state index contributed by atoms with van der Waals surface area (Å²) in [6.07, 6.45) is 0. The zero-order valence-electron chi connectivity index (χ0n) is 14.2. The van der Waals surface area contributed by atoms with E-state index in [1.54, 1.807) is 48.5 Å². The van der Waals surface area contributed by atoms with E-state index in [2.05, 4.69) is 22.5 Å². The van der Waals surface area contributed by atoms with Gasteiger partial charge in [-0.25, -0.2) is 0 Å². The number of nitrogens with one attached hydrogen (secondary N) is 2. The predicted molar refractivity (Wildman–Crippen MR) is 97.5 cm³/mol. The summed E-state index contributed by atoms with van der Waals surface area (Å²) in [7, 11) is 0. The topological polar surface area (TPSA) is 91.2 Å². The zero-order valence-corrected chi connectivity index (χ0v) is 14.2. The largest absolute Gasteiger partial charge is 0.481 e. The Morgan fingerprint density at radius 1 is 1.12 bits per heavy atom. The van der Waals surface area contributed by atoms with Gasteiger partial charge in [-0.3, -0.25) is 9.59 Å². The Morgan fingerprint density at radius 2 is 1.88 bits per heavy atom. The molecule has 0 heterocycles. The highest BCUT2D eigenvalue weighted by Crippen LogP contribution is 2.16. The van der Waals surface area contributed by atoms with Gasteiger partial charge < -0.3 is 15.4 Å². The number of anilines is 1. The van der Waals surface area contributed by atoms with Crippen molar-refractivity contribution in [2.24, 2.45) is 0 Å². The van der Waals surface area contributed by atoms with E-state index in [1.165, 1.54) is 6.92 Å². The molecule has 0 saturated carbocycles. The highest BCUT2D eigenvalue weighted by Gasteiger charge is 2.03. The maximum atomic E-state index is 11.9. The molecule has 0 saturated heterocycles. The summed E-state index contributed by atoms with van der Waals surface area (Å²) in [5.41, 5.74) is 1.62. The average Bonchev–Trinajstić information content (AvgIpc) is 2.64. The van der Waals surface area contributed by atoms with Gasteiger partial charge in [0.15, 0.2) is 0 Å². The van der Waals surface area contributed by atoms with Crippen LogP contribution in [0.15, 0.2) is 48.5 Å². The Bertz CT molecular complexity index is 887. The number of rotatable bonds is 5. The van der Waals surface area contributed by atoms with Gasteiger partial charge in [-0.05, 0) is 36.4 Å². The third-order valence-electron chi connectivity index (χ3n) is 3.20. The lowest BCUT2D eigenvalue weighted by atomic mass is 10.1. The van der Waals surface area contributed by atoms with Gasteiger partial charge in [0.05, 0.1) is 18.2 Å². The second-order valence-corrected chi connectivity index (χ2v) is 5.22. The summed E-state index contributed by atoms with van der Waals surface area (Å²) in [6.45, 7) is 1.79. The molecule has 0 bridgehead atoms. The first-order valence-corrected chi connectivity index (χ1v) is 7.83. The zero-order chi connectivity index (χ0) is 18.8. The van der Waals surface area contributed by atoms with Crippen LogP contribution in [0.3, 0.4) is 0 Å². The first kappa shape index (κ1) is 18.6. The first-order valence-electron chi connectivity index (χ1n) is 7.83. The van der Waals surface area contributed by atoms with Gasteiger partial charge in [-0.2, -0.15) is 5.26 Å². The Labute approximate surface area is 151 Å². The van der Waals surface area contributed by atoms with Crippen molar-refractivity contribution in [3.63, 3.8) is 0 Å². The fraction of sp³-hybridized carbons (Fsp3) is 0.150. The number of hydrogen-bond donors (Lipinski definition) is 2. The molecule has 0 radical (unpaired) electrons. The number of ether oxygens (including phenoxy) is 1. The molecule has 0 atom stereocenters. The molecule has 0 spiro atoms. The summed E-state index contributed by atoms with van der Waals surface area (Å²) in [5, 5.41) is 14.1. The highest BCUT2D eigenvalue weighted by molar-refractivity contribution is 5.94. The lowest BCUT2D eigenvalue weighted by Gasteiger charge is -2.05. The van der Waals surface area contributed by atoms with Gasteiger partial charge >= 0.3 is 0 Å². The Hall–Kier alpha value is -3.77. The van der Waals surface area contributed by atoms with E-state index >= 15 is 0 Å². The third-order valence-corrected chi connectivity index (χ3v) is 3.20. The molecule has 2 N–H and O–H groups in total. The van der Waals surface area contributed by atoms with Crippen LogP contribution in [0.1, 0.15) is 22.8 Å². The molecule has 0 unspecified atom stereocenters. The number of carbonyl (C=O) groups excluding carboxylic acids is 2. The van der Waals surface area contributed by atoms with E-state index < -0.39 is 0 Å². The molecule has 0 aromatic heterocycles. The Morgan fingerprint density at radius 3 is 2.58 bits per heavy atom. The number of nitrogens with zero attached hydrogens (tertiary/aromatic N) is 1. The van der Waals surface area contributed by atoms with E-state index in [1.807, 2.05) is 6.07 Å². The molecule has 2 aromatic rings. The maximum Gasteiger partial charge on any atom is 0.252 e. The molecule has 6 heteroatoms. The van der Waals surface area contributed by atoms with Crippen molar-refractivity contribution >= 4 is 17.5 Å². The van der Waals surface area contributed by atoms with Crippen LogP contribution < -0.4 is 15.4 Å². The molecule has 6 nitrogen and oxygen atoms in total. The summed E-state index contributed by atoms with van der Waals surface area (Å²) >= 11 is 0. The SMILES string of the molecule is CC(=O)Nc1cccc(OCC#CCNC(=O)c2ccc(C#N)cc2)c1. The van der Waals surface area contributed by atoms with E-state index in [-0.39, 0.29) is 25.0 Å². The normalized spacial score (nSPS) is 9.23. The first-order chi connectivity index (χ1) is 12.6. The van der Waals surface area contributed by atoms with Crippen LogP contribution in [0.2, 0.25) is 0 Å². The van der Waals surface area contributed by atoms with Crippen molar-refractivity contribution in [3.05, 3.63) is 59.7 Å². The second-order valence-electron chi connectivity index (χ2n) is 5.22. The quantitative estimate of drug-likeness (QED) is 0.812. The fourth-order valence-corrected chi connectivity index (χ4v) is 2.02. The summed E-state index contributed by atoms with van der Waals surface area (Å²) < 4.78 is 5.48. The number of amides is 2. The monoisotopic (exact) mass is 347 g/mol. The number of benzene rings is 2. The molecule has 0 fully saturated rings. The van der Waals surface area contributed by atoms with Crippen molar-refractivity contribution in [1.29, 1.82) is 5.26 Å². The summed E-state index contributed by atoms with van der Waals surface area (Å²) in [6, 6.07) is 15.4. The molecule has 0 aliphatic heterocycles. The average molecular weight is 347 g/mol. The Kier molecular flexibility index (Phi) is 6.79. The molecule has 0 aliphatic carbocycles.